The number of nitrogens with zero attached hydrogens (tertiary/aromatic N) is 6. The van der Waals surface area contributed by atoms with Gasteiger partial charge < -0.3 is 4.90 Å². The fraction of sp³-hybridized carbons (Fsp3) is 0.381. The van der Waals surface area contributed by atoms with Crippen LogP contribution in [0, 0.1) is 32.1 Å². The highest BCUT2D eigenvalue weighted by Gasteiger charge is 2.21. The van der Waals surface area contributed by atoms with Crippen molar-refractivity contribution in [1.82, 2.24) is 19.5 Å². The van der Waals surface area contributed by atoms with Gasteiger partial charge in [0.25, 0.3) is 0 Å². The highest BCUT2D eigenvalue weighted by atomic mass is 15.4. The number of hydrogen-bond donors (Lipinski definition) is 0. The molecule has 0 saturated carbocycles. The van der Waals surface area contributed by atoms with E-state index in [1.54, 1.807) is 0 Å². The van der Waals surface area contributed by atoms with Gasteiger partial charge in [-0.1, -0.05) is 18.2 Å². The second-order valence-electron chi connectivity index (χ2n) is 7.23. The summed E-state index contributed by atoms with van der Waals surface area (Å²) in [6, 6.07) is 12.3. The van der Waals surface area contributed by atoms with E-state index in [0.717, 1.165) is 72.3 Å². The Balaban J connectivity index is 1.52. The smallest absolute Gasteiger partial charge is 0.160 e. The van der Waals surface area contributed by atoms with E-state index in [1.165, 1.54) is 0 Å². The number of rotatable bonds is 3. The Hall–Kier alpha value is -2.91. The number of fused-ring (bicyclic) bond motifs is 1. The van der Waals surface area contributed by atoms with E-state index >= 15 is 0 Å². The summed E-state index contributed by atoms with van der Waals surface area (Å²) in [5.41, 5.74) is 6.02. The van der Waals surface area contributed by atoms with Crippen molar-refractivity contribution >= 4 is 11.5 Å². The van der Waals surface area contributed by atoms with Gasteiger partial charge in [0.2, 0.25) is 0 Å². The maximum Gasteiger partial charge on any atom is 0.160 e. The standard InChI is InChI=1S/C21H24N6/c1-15-12-20(27-21(23-15)16(2)17(3)24-27)26-10-8-25(9-11-26)14-19-7-5-4-6-18(19)13-22/h4-7,12H,8-11,14H2,1-3H3. The van der Waals surface area contributed by atoms with Crippen LogP contribution in [0.3, 0.4) is 0 Å². The molecule has 0 aliphatic carbocycles. The molecule has 0 unspecified atom stereocenters. The van der Waals surface area contributed by atoms with E-state index in [9.17, 15) is 5.26 Å². The molecular weight excluding hydrogens is 336 g/mol. The van der Waals surface area contributed by atoms with Gasteiger partial charge in [0.05, 0.1) is 17.3 Å². The Bertz CT molecular complexity index is 1020. The monoisotopic (exact) mass is 360 g/mol. The summed E-state index contributed by atoms with van der Waals surface area (Å²) < 4.78 is 1.98. The van der Waals surface area contributed by atoms with Gasteiger partial charge in [0.15, 0.2) is 5.65 Å². The van der Waals surface area contributed by atoms with Crippen LogP contribution >= 0.6 is 0 Å². The lowest BCUT2D eigenvalue weighted by Crippen LogP contribution is -2.46. The molecule has 1 aliphatic heterocycles. The largest absolute Gasteiger partial charge is 0.354 e. The normalized spacial score (nSPS) is 15.3. The predicted octanol–water partition coefficient (Wildman–Crippen LogP) is 2.85. The topological polar surface area (TPSA) is 60.5 Å². The Labute approximate surface area is 159 Å². The molecule has 3 heterocycles. The predicted molar refractivity (Wildman–Crippen MR) is 106 cm³/mol. The third-order valence-electron chi connectivity index (χ3n) is 5.39. The Morgan fingerprint density at radius 1 is 1.07 bits per heavy atom. The summed E-state index contributed by atoms with van der Waals surface area (Å²) in [6.45, 7) is 10.8. The zero-order chi connectivity index (χ0) is 19.0. The third-order valence-corrected chi connectivity index (χ3v) is 5.39. The molecule has 1 saturated heterocycles. The molecule has 0 N–H and O–H groups in total. The molecular formula is C21H24N6. The van der Waals surface area contributed by atoms with Crippen molar-refractivity contribution < 1.29 is 0 Å². The first-order valence-electron chi connectivity index (χ1n) is 9.35. The number of nitriles is 1. The van der Waals surface area contributed by atoms with Crippen molar-refractivity contribution in [3.05, 3.63) is 58.4 Å². The number of aromatic nitrogens is 3. The lowest BCUT2D eigenvalue weighted by Gasteiger charge is -2.36. The van der Waals surface area contributed by atoms with E-state index in [0.29, 0.717) is 0 Å². The van der Waals surface area contributed by atoms with E-state index in [4.69, 9.17) is 5.10 Å². The summed E-state index contributed by atoms with van der Waals surface area (Å²) in [5, 5.41) is 14.0. The molecule has 2 aromatic heterocycles. The molecule has 1 fully saturated rings. The summed E-state index contributed by atoms with van der Waals surface area (Å²) in [4.78, 5) is 9.48. The molecule has 0 radical (unpaired) electrons. The van der Waals surface area contributed by atoms with Gasteiger partial charge in [0.1, 0.15) is 5.82 Å². The lowest BCUT2D eigenvalue weighted by atomic mass is 10.1. The molecule has 27 heavy (non-hydrogen) atoms. The maximum atomic E-state index is 9.30. The van der Waals surface area contributed by atoms with Crippen LogP contribution < -0.4 is 4.90 Å². The van der Waals surface area contributed by atoms with Gasteiger partial charge in [-0.2, -0.15) is 14.9 Å². The van der Waals surface area contributed by atoms with Gasteiger partial charge in [0, 0.05) is 50.0 Å². The van der Waals surface area contributed by atoms with Crippen LogP contribution in [0.4, 0.5) is 5.82 Å². The van der Waals surface area contributed by atoms with E-state index in [-0.39, 0.29) is 0 Å². The van der Waals surface area contributed by atoms with E-state index < -0.39 is 0 Å². The number of hydrogen-bond acceptors (Lipinski definition) is 5. The summed E-state index contributed by atoms with van der Waals surface area (Å²) in [5.74, 6) is 1.12. The minimum atomic E-state index is 0.772. The molecule has 0 atom stereocenters. The van der Waals surface area contributed by atoms with Gasteiger partial charge in [-0.25, -0.2) is 4.98 Å². The van der Waals surface area contributed by atoms with Crippen molar-refractivity contribution in [2.24, 2.45) is 0 Å². The highest BCUT2D eigenvalue weighted by Crippen LogP contribution is 2.23. The molecule has 0 spiro atoms. The van der Waals surface area contributed by atoms with Gasteiger partial charge in [-0.15, -0.1) is 0 Å². The van der Waals surface area contributed by atoms with Crippen LogP contribution in [0.5, 0.6) is 0 Å². The number of anilines is 1. The molecule has 4 rings (SSSR count). The van der Waals surface area contributed by atoms with Crippen LogP contribution in [-0.2, 0) is 6.54 Å². The third kappa shape index (κ3) is 3.26. The van der Waals surface area contributed by atoms with E-state index in [2.05, 4.69) is 39.9 Å². The Kier molecular flexibility index (Phi) is 4.54. The number of aryl methyl sites for hydroxylation is 3. The Morgan fingerprint density at radius 2 is 1.81 bits per heavy atom. The van der Waals surface area contributed by atoms with Crippen molar-refractivity contribution in [3.63, 3.8) is 0 Å². The molecule has 0 bridgehead atoms. The first-order chi connectivity index (χ1) is 13.1. The van der Waals surface area contributed by atoms with E-state index in [1.807, 2.05) is 36.6 Å². The molecule has 1 aliphatic rings. The molecule has 3 aromatic rings. The van der Waals surface area contributed by atoms with Gasteiger partial charge in [-0.3, -0.25) is 4.90 Å². The highest BCUT2D eigenvalue weighted by molar-refractivity contribution is 5.57. The van der Waals surface area contributed by atoms with Crippen molar-refractivity contribution in [3.8, 4) is 6.07 Å². The molecule has 6 heteroatoms. The van der Waals surface area contributed by atoms with Gasteiger partial charge >= 0.3 is 0 Å². The SMILES string of the molecule is Cc1cc(N2CCN(Cc3ccccc3C#N)CC2)n2nc(C)c(C)c2n1. The molecule has 0 amide bonds. The van der Waals surface area contributed by atoms with Crippen molar-refractivity contribution in [2.75, 3.05) is 31.1 Å². The second-order valence-corrected chi connectivity index (χ2v) is 7.23. The average Bonchev–Trinajstić information content (AvgIpc) is 2.97. The molecule has 1 aromatic carbocycles. The zero-order valence-corrected chi connectivity index (χ0v) is 16.1. The fourth-order valence-corrected chi connectivity index (χ4v) is 3.70. The lowest BCUT2D eigenvalue weighted by molar-refractivity contribution is 0.249. The van der Waals surface area contributed by atoms with Gasteiger partial charge in [-0.05, 0) is 32.4 Å². The first-order valence-corrected chi connectivity index (χ1v) is 9.35. The zero-order valence-electron chi connectivity index (χ0n) is 16.1. The number of benzene rings is 1. The number of piperazine rings is 1. The van der Waals surface area contributed by atoms with Crippen LogP contribution in [0.25, 0.3) is 5.65 Å². The minimum Gasteiger partial charge on any atom is -0.354 e. The maximum absolute atomic E-state index is 9.30. The van der Waals surface area contributed by atoms with Crippen molar-refractivity contribution in [1.29, 1.82) is 5.26 Å². The van der Waals surface area contributed by atoms with Crippen LogP contribution in [0.1, 0.15) is 28.1 Å². The summed E-state index contributed by atoms with van der Waals surface area (Å²) in [7, 11) is 0. The second kappa shape index (κ2) is 7.01. The average molecular weight is 360 g/mol. The van der Waals surface area contributed by atoms with Crippen LogP contribution in [-0.4, -0.2) is 45.7 Å². The molecule has 6 nitrogen and oxygen atoms in total. The summed E-state index contributed by atoms with van der Waals surface area (Å²) >= 11 is 0. The quantitative estimate of drug-likeness (QED) is 0.719. The van der Waals surface area contributed by atoms with Crippen molar-refractivity contribution in [2.45, 2.75) is 27.3 Å². The van der Waals surface area contributed by atoms with Crippen LogP contribution in [0.2, 0.25) is 0 Å². The molecule has 138 valence electrons. The van der Waals surface area contributed by atoms with Crippen LogP contribution in [0.15, 0.2) is 30.3 Å². The Morgan fingerprint density at radius 3 is 2.56 bits per heavy atom. The fourth-order valence-electron chi connectivity index (χ4n) is 3.70. The summed E-state index contributed by atoms with van der Waals surface area (Å²) in [6.07, 6.45) is 0. The first kappa shape index (κ1) is 17.5. The minimum absolute atomic E-state index is 0.772.